The fraction of sp³-hybridized carbons (Fsp3) is 0.125. The third-order valence-electron chi connectivity index (χ3n) is 3.53. The highest BCUT2D eigenvalue weighted by Crippen LogP contribution is 2.26. The first kappa shape index (κ1) is 16.6. The quantitative estimate of drug-likeness (QED) is 0.729. The van der Waals surface area contributed by atoms with Crippen molar-refractivity contribution in [2.45, 2.75) is 17.7 Å². The van der Waals surface area contributed by atoms with Gasteiger partial charge in [0, 0.05) is 23.6 Å². The number of nitrogens with one attached hydrogen (secondary N) is 2. The van der Waals surface area contributed by atoms with Crippen molar-refractivity contribution in [3.63, 3.8) is 0 Å². The van der Waals surface area contributed by atoms with Gasteiger partial charge in [-0.05, 0) is 30.2 Å². The molecule has 24 heavy (non-hydrogen) atoms. The Labute approximate surface area is 143 Å². The molecule has 2 aromatic heterocycles. The minimum absolute atomic E-state index is 0.207. The number of H-pyrrole nitrogens is 1. The first-order chi connectivity index (χ1) is 11.5. The van der Waals surface area contributed by atoms with Crippen molar-refractivity contribution in [1.82, 2.24) is 14.9 Å². The van der Waals surface area contributed by atoms with Gasteiger partial charge in [0.15, 0.2) is 0 Å². The molecule has 6 nitrogen and oxygen atoms in total. The summed E-state index contributed by atoms with van der Waals surface area (Å²) < 4.78 is 27.7. The Morgan fingerprint density at radius 2 is 2.00 bits per heavy atom. The van der Waals surface area contributed by atoms with Crippen LogP contribution < -0.4 is 10.3 Å². The van der Waals surface area contributed by atoms with Crippen LogP contribution in [0.1, 0.15) is 11.1 Å². The molecule has 0 radical (unpaired) electrons. The van der Waals surface area contributed by atoms with Gasteiger partial charge in [0.05, 0.1) is 5.69 Å². The van der Waals surface area contributed by atoms with Crippen molar-refractivity contribution in [1.29, 1.82) is 0 Å². The molecular weight excluding hydrogens is 346 g/mol. The minimum atomic E-state index is -3.60. The zero-order valence-corrected chi connectivity index (χ0v) is 14.4. The van der Waals surface area contributed by atoms with Crippen LogP contribution in [0.25, 0.3) is 11.3 Å². The Hall–Kier alpha value is -2.29. The Morgan fingerprint density at radius 3 is 2.71 bits per heavy atom. The van der Waals surface area contributed by atoms with Crippen molar-refractivity contribution in [3.8, 4) is 11.3 Å². The van der Waals surface area contributed by atoms with Crippen molar-refractivity contribution in [2.75, 3.05) is 0 Å². The number of aromatic nitrogens is 2. The van der Waals surface area contributed by atoms with Gasteiger partial charge >= 0.3 is 0 Å². The molecule has 0 aliphatic rings. The lowest BCUT2D eigenvalue weighted by molar-refractivity contribution is 0.583. The van der Waals surface area contributed by atoms with Crippen LogP contribution in [-0.2, 0) is 16.6 Å². The second-order valence-corrected chi connectivity index (χ2v) is 8.12. The molecule has 0 unspecified atom stereocenters. The van der Waals surface area contributed by atoms with Crippen LogP contribution in [0.4, 0.5) is 0 Å². The number of hydrogen-bond acceptors (Lipinski definition) is 5. The average molecular weight is 361 g/mol. The van der Waals surface area contributed by atoms with E-state index in [1.807, 2.05) is 31.2 Å². The molecule has 0 aliphatic heterocycles. The molecule has 0 atom stereocenters. The number of benzene rings is 1. The summed E-state index contributed by atoms with van der Waals surface area (Å²) in [6, 6.07) is 12.1. The molecule has 0 saturated heterocycles. The van der Waals surface area contributed by atoms with Crippen LogP contribution >= 0.6 is 11.3 Å². The molecule has 8 heteroatoms. The van der Waals surface area contributed by atoms with Gasteiger partial charge < -0.3 is 0 Å². The zero-order valence-electron chi connectivity index (χ0n) is 12.8. The normalized spacial score (nSPS) is 11.5. The van der Waals surface area contributed by atoms with Crippen LogP contribution in [0.2, 0.25) is 0 Å². The van der Waals surface area contributed by atoms with E-state index in [4.69, 9.17) is 0 Å². The Morgan fingerprint density at radius 1 is 1.21 bits per heavy atom. The molecule has 2 heterocycles. The summed E-state index contributed by atoms with van der Waals surface area (Å²) in [7, 11) is -3.60. The summed E-state index contributed by atoms with van der Waals surface area (Å²) in [5.74, 6) is 0. The van der Waals surface area contributed by atoms with E-state index in [1.165, 1.54) is 6.07 Å². The SMILES string of the molecule is Cc1ccccc1CNS(=O)(=O)c1cc(-c2ccc(=O)[nH]n2)cs1. The zero-order chi connectivity index (χ0) is 17.2. The van der Waals surface area contributed by atoms with Gasteiger partial charge in [0.25, 0.3) is 5.56 Å². The molecule has 3 rings (SSSR count). The Balaban J connectivity index is 1.79. The first-order valence-corrected chi connectivity index (χ1v) is 9.51. The molecule has 3 aromatic rings. The van der Waals surface area contributed by atoms with Gasteiger partial charge in [-0.3, -0.25) is 4.79 Å². The van der Waals surface area contributed by atoms with Gasteiger partial charge in [0.1, 0.15) is 4.21 Å². The lowest BCUT2D eigenvalue weighted by atomic mass is 10.1. The standard InChI is InChI=1S/C16H15N3O3S2/c1-11-4-2-3-5-12(11)9-17-24(21,22)16-8-13(10-23-16)14-6-7-15(20)19-18-14/h2-8,10,17H,9H2,1H3,(H,19,20). The van der Waals surface area contributed by atoms with Crippen molar-refractivity contribution < 1.29 is 8.42 Å². The monoisotopic (exact) mass is 361 g/mol. The Kier molecular flexibility index (Phi) is 4.61. The van der Waals surface area contributed by atoms with Gasteiger partial charge in [-0.25, -0.2) is 18.2 Å². The van der Waals surface area contributed by atoms with E-state index in [0.717, 1.165) is 22.5 Å². The summed E-state index contributed by atoms with van der Waals surface area (Å²) in [4.78, 5) is 11.0. The van der Waals surface area contributed by atoms with Gasteiger partial charge in [0.2, 0.25) is 10.0 Å². The summed E-state index contributed by atoms with van der Waals surface area (Å²) in [5, 5.41) is 7.93. The van der Waals surface area contributed by atoms with Crippen molar-refractivity contribution >= 4 is 21.4 Å². The van der Waals surface area contributed by atoms with Crippen LogP contribution in [0.15, 0.2) is 56.8 Å². The Bertz CT molecular complexity index is 1000. The number of nitrogens with zero attached hydrogens (tertiary/aromatic N) is 1. The molecule has 0 amide bonds. The van der Waals surface area contributed by atoms with Crippen LogP contribution in [0.5, 0.6) is 0 Å². The van der Waals surface area contributed by atoms with E-state index in [-0.39, 0.29) is 16.3 Å². The minimum Gasteiger partial charge on any atom is -0.268 e. The second-order valence-electron chi connectivity index (χ2n) is 5.21. The number of aryl methyl sites for hydroxylation is 1. The van der Waals surface area contributed by atoms with Gasteiger partial charge in [-0.2, -0.15) is 5.10 Å². The van der Waals surface area contributed by atoms with Crippen molar-refractivity contribution in [2.24, 2.45) is 0 Å². The number of rotatable bonds is 5. The smallest absolute Gasteiger partial charge is 0.264 e. The summed E-state index contributed by atoms with van der Waals surface area (Å²) in [6.07, 6.45) is 0. The third kappa shape index (κ3) is 3.61. The van der Waals surface area contributed by atoms with E-state index in [2.05, 4.69) is 14.9 Å². The molecule has 0 saturated carbocycles. The average Bonchev–Trinajstić information content (AvgIpc) is 3.06. The number of aromatic amines is 1. The summed E-state index contributed by atoms with van der Waals surface area (Å²) in [5.41, 5.74) is 2.82. The number of thiophene rings is 1. The number of hydrogen-bond donors (Lipinski definition) is 2. The fourth-order valence-electron chi connectivity index (χ4n) is 2.15. The van der Waals surface area contributed by atoms with Gasteiger partial charge in [-0.15, -0.1) is 11.3 Å². The highest BCUT2D eigenvalue weighted by molar-refractivity contribution is 7.91. The largest absolute Gasteiger partial charge is 0.268 e. The maximum absolute atomic E-state index is 12.4. The van der Waals surface area contributed by atoms with Crippen LogP contribution in [0.3, 0.4) is 0 Å². The second kappa shape index (κ2) is 6.68. The summed E-state index contributed by atoms with van der Waals surface area (Å²) in [6.45, 7) is 2.17. The fourth-order valence-corrected chi connectivity index (χ4v) is 4.37. The predicted octanol–water partition coefficient (Wildman–Crippen LogP) is 2.29. The lowest BCUT2D eigenvalue weighted by Crippen LogP contribution is -2.22. The topological polar surface area (TPSA) is 91.9 Å². The summed E-state index contributed by atoms with van der Waals surface area (Å²) >= 11 is 1.11. The molecule has 0 aliphatic carbocycles. The van der Waals surface area contributed by atoms with Crippen LogP contribution in [0, 0.1) is 6.92 Å². The molecule has 0 fully saturated rings. The number of sulfonamides is 1. The predicted molar refractivity (Wildman–Crippen MR) is 93.4 cm³/mol. The molecule has 0 bridgehead atoms. The van der Waals surface area contributed by atoms with Gasteiger partial charge in [-0.1, -0.05) is 24.3 Å². The van der Waals surface area contributed by atoms with Crippen LogP contribution in [-0.4, -0.2) is 18.6 Å². The third-order valence-corrected chi connectivity index (χ3v) is 6.37. The highest BCUT2D eigenvalue weighted by atomic mass is 32.2. The lowest BCUT2D eigenvalue weighted by Gasteiger charge is -2.07. The molecular formula is C16H15N3O3S2. The first-order valence-electron chi connectivity index (χ1n) is 7.14. The van der Waals surface area contributed by atoms with E-state index >= 15 is 0 Å². The van der Waals surface area contributed by atoms with E-state index in [1.54, 1.807) is 17.5 Å². The maximum Gasteiger partial charge on any atom is 0.264 e. The van der Waals surface area contributed by atoms with E-state index in [9.17, 15) is 13.2 Å². The molecule has 2 N–H and O–H groups in total. The van der Waals surface area contributed by atoms with Crippen molar-refractivity contribution in [3.05, 3.63) is 69.3 Å². The van der Waals surface area contributed by atoms with E-state index in [0.29, 0.717) is 11.3 Å². The maximum atomic E-state index is 12.4. The van der Waals surface area contributed by atoms with E-state index < -0.39 is 10.0 Å². The molecule has 124 valence electrons. The highest BCUT2D eigenvalue weighted by Gasteiger charge is 2.17. The molecule has 0 spiro atoms. The molecule has 1 aromatic carbocycles.